The summed E-state index contributed by atoms with van der Waals surface area (Å²) in [7, 11) is 0. The number of nitrogens with zero attached hydrogens (tertiary/aromatic N) is 2. The second kappa shape index (κ2) is 8.75. The fourth-order valence-corrected chi connectivity index (χ4v) is 3.86. The standard InChI is InChI=1S/C23H21F3N2O2/c24-17-6-8-18(9-7-17)28(23(29)21-5-2-14-30-21)19-10-12-27(13-11-19)15-16-3-1-4-20(25)22(16)26/h1-9,14,19H,10-13,15H2. The van der Waals surface area contributed by atoms with Crippen LogP contribution in [0.1, 0.15) is 29.0 Å². The van der Waals surface area contributed by atoms with Gasteiger partial charge in [0.1, 0.15) is 5.82 Å². The van der Waals surface area contributed by atoms with E-state index in [1.807, 2.05) is 4.90 Å². The number of furan rings is 1. The summed E-state index contributed by atoms with van der Waals surface area (Å²) < 4.78 is 46.1. The molecular weight excluding hydrogens is 393 g/mol. The maximum atomic E-state index is 14.0. The van der Waals surface area contributed by atoms with Gasteiger partial charge in [-0.3, -0.25) is 9.69 Å². The van der Waals surface area contributed by atoms with Gasteiger partial charge in [-0.25, -0.2) is 13.2 Å². The molecule has 3 aromatic rings. The monoisotopic (exact) mass is 414 g/mol. The molecule has 4 rings (SSSR count). The first kappa shape index (κ1) is 20.2. The van der Waals surface area contributed by atoms with Crippen molar-refractivity contribution in [3.63, 3.8) is 0 Å². The van der Waals surface area contributed by atoms with Crippen molar-refractivity contribution in [3.8, 4) is 0 Å². The maximum absolute atomic E-state index is 14.0. The van der Waals surface area contributed by atoms with Gasteiger partial charge in [0, 0.05) is 36.9 Å². The Bertz CT molecular complexity index is 998. The third kappa shape index (κ3) is 4.26. The molecule has 2 heterocycles. The van der Waals surface area contributed by atoms with Crippen LogP contribution in [0.4, 0.5) is 18.9 Å². The number of rotatable bonds is 5. The molecule has 0 bridgehead atoms. The number of hydrogen-bond donors (Lipinski definition) is 0. The van der Waals surface area contributed by atoms with Crippen LogP contribution in [0.3, 0.4) is 0 Å². The lowest BCUT2D eigenvalue weighted by Gasteiger charge is -2.38. The number of carbonyl (C=O) groups is 1. The van der Waals surface area contributed by atoms with Crippen molar-refractivity contribution in [3.05, 3.63) is 89.6 Å². The molecular formula is C23H21F3N2O2. The van der Waals surface area contributed by atoms with Gasteiger partial charge in [0.25, 0.3) is 5.91 Å². The van der Waals surface area contributed by atoms with Gasteiger partial charge in [-0.05, 0) is 55.3 Å². The first-order valence-corrected chi connectivity index (χ1v) is 9.81. The summed E-state index contributed by atoms with van der Waals surface area (Å²) in [5.41, 5.74) is 0.905. The molecule has 156 valence electrons. The predicted octanol–water partition coefficient (Wildman–Crippen LogP) is 5.01. The minimum absolute atomic E-state index is 0.123. The second-order valence-electron chi connectivity index (χ2n) is 7.35. The highest BCUT2D eigenvalue weighted by atomic mass is 19.2. The Balaban J connectivity index is 1.49. The third-order valence-electron chi connectivity index (χ3n) is 5.40. The van der Waals surface area contributed by atoms with E-state index < -0.39 is 11.6 Å². The van der Waals surface area contributed by atoms with Crippen molar-refractivity contribution >= 4 is 11.6 Å². The third-order valence-corrected chi connectivity index (χ3v) is 5.40. The summed E-state index contributed by atoms with van der Waals surface area (Å²) in [6, 6.07) is 13.1. The fourth-order valence-electron chi connectivity index (χ4n) is 3.86. The Labute approximate surface area is 172 Å². The van der Waals surface area contributed by atoms with E-state index in [0.717, 1.165) is 6.07 Å². The summed E-state index contributed by atoms with van der Waals surface area (Å²) in [5.74, 6) is -2.13. The lowest BCUT2D eigenvalue weighted by Crippen LogP contribution is -2.47. The topological polar surface area (TPSA) is 36.7 Å². The van der Waals surface area contributed by atoms with Crippen LogP contribution in [0.5, 0.6) is 0 Å². The second-order valence-corrected chi connectivity index (χ2v) is 7.35. The van der Waals surface area contributed by atoms with E-state index in [1.165, 1.54) is 24.5 Å². The quantitative estimate of drug-likeness (QED) is 0.589. The van der Waals surface area contributed by atoms with Gasteiger partial charge in [-0.2, -0.15) is 0 Å². The molecule has 1 saturated heterocycles. The van der Waals surface area contributed by atoms with Gasteiger partial charge in [0.15, 0.2) is 17.4 Å². The van der Waals surface area contributed by atoms with Crippen LogP contribution in [-0.2, 0) is 6.54 Å². The minimum atomic E-state index is -0.853. The van der Waals surface area contributed by atoms with Crippen molar-refractivity contribution in [2.75, 3.05) is 18.0 Å². The van der Waals surface area contributed by atoms with Crippen molar-refractivity contribution in [2.24, 2.45) is 0 Å². The summed E-state index contributed by atoms with van der Waals surface area (Å²) in [4.78, 5) is 16.8. The first-order chi connectivity index (χ1) is 14.5. The summed E-state index contributed by atoms with van der Waals surface area (Å²) in [5, 5.41) is 0. The SMILES string of the molecule is O=C(c1ccco1)N(c1ccc(F)cc1)C1CCN(Cc2cccc(F)c2F)CC1. The lowest BCUT2D eigenvalue weighted by atomic mass is 10.0. The molecule has 1 aromatic heterocycles. The molecule has 0 atom stereocenters. The first-order valence-electron chi connectivity index (χ1n) is 9.81. The average molecular weight is 414 g/mol. The Morgan fingerprint density at radius 2 is 1.73 bits per heavy atom. The van der Waals surface area contributed by atoms with Crippen LogP contribution in [-0.4, -0.2) is 29.9 Å². The van der Waals surface area contributed by atoms with Gasteiger partial charge >= 0.3 is 0 Å². The fraction of sp³-hybridized carbons (Fsp3) is 0.261. The smallest absolute Gasteiger partial charge is 0.294 e. The van der Waals surface area contributed by atoms with Crippen LogP contribution in [0.15, 0.2) is 65.3 Å². The Hall–Kier alpha value is -3.06. The minimum Gasteiger partial charge on any atom is -0.459 e. The zero-order chi connectivity index (χ0) is 21.1. The highest BCUT2D eigenvalue weighted by Crippen LogP contribution is 2.27. The Morgan fingerprint density at radius 3 is 2.40 bits per heavy atom. The lowest BCUT2D eigenvalue weighted by molar-refractivity contribution is 0.0931. The number of amides is 1. The molecule has 1 aliphatic heterocycles. The largest absolute Gasteiger partial charge is 0.459 e. The molecule has 0 saturated carbocycles. The Morgan fingerprint density at radius 1 is 1.00 bits per heavy atom. The van der Waals surface area contributed by atoms with E-state index in [-0.39, 0.29) is 23.5 Å². The van der Waals surface area contributed by atoms with E-state index in [1.54, 1.807) is 35.2 Å². The molecule has 0 N–H and O–H groups in total. The van der Waals surface area contributed by atoms with Gasteiger partial charge in [0.2, 0.25) is 0 Å². The van der Waals surface area contributed by atoms with Crippen LogP contribution in [0.25, 0.3) is 0 Å². The van der Waals surface area contributed by atoms with E-state index in [0.29, 0.717) is 43.7 Å². The number of likely N-dealkylation sites (tertiary alicyclic amines) is 1. The van der Waals surface area contributed by atoms with Crippen LogP contribution in [0, 0.1) is 17.5 Å². The number of anilines is 1. The molecule has 0 radical (unpaired) electrons. The summed E-state index contributed by atoms with van der Waals surface area (Å²) in [6.07, 6.45) is 2.72. The molecule has 0 spiro atoms. The van der Waals surface area contributed by atoms with E-state index in [2.05, 4.69) is 0 Å². The highest BCUT2D eigenvalue weighted by molar-refractivity contribution is 6.04. The molecule has 2 aromatic carbocycles. The van der Waals surface area contributed by atoms with E-state index >= 15 is 0 Å². The van der Waals surface area contributed by atoms with Crippen LogP contribution < -0.4 is 4.90 Å². The molecule has 4 nitrogen and oxygen atoms in total. The number of piperidine rings is 1. The van der Waals surface area contributed by atoms with Gasteiger partial charge in [0.05, 0.1) is 6.26 Å². The number of halogens is 3. The summed E-state index contributed by atoms with van der Waals surface area (Å²) in [6.45, 7) is 1.53. The molecule has 30 heavy (non-hydrogen) atoms. The van der Waals surface area contributed by atoms with Gasteiger partial charge < -0.3 is 9.32 Å². The normalized spacial score (nSPS) is 15.3. The molecule has 1 aliphatic rings. The number of carbonyl (C=O) groups excluding carboxylic acids is 1. The van der Waals surface area contributed by atoms with Crippen LogP contribution in [0.2, 0.25) is 0 Å². The average Bonchev–Trinajstić information content (AvgIpc) is 3.29. The van der Waals surface area contributed by atoms with Crippen molar-refractivity contribution < 1.29 is 22.4 Å². The Kier molecular flexibility index (Phi) is 5.90. The zero-order valence-electron chi connectivity index (χ0n) is 16.2. The van der Waals surface area contributed by atoms with E-state index in [4.69, 9.17) is 4.42 Å². The molecule has 1 amide bonds. The van der Waals surface area contributed by atoms with Crippen molar-refractivity contribution in [1.82, 2.24) is 4.90 Å². The zero-order valence-corrected chi connectivity index (χ0v) is 16.2. The van der Waals surface area contributed by atoms with Gasteiger partial charge in [-0.1, -0.05) is 12.1 Å². The predicted molar refractivity (Wildman–Crippen MR) is 107 cm³/mol. The van der Waals surface area contributed by atoms with Crippen molar-refractivity contribution in [1.29, 1.82) is 0 Å². The molecule has 7 heteroatoms. The maximum Gasteiger partial charge on any atom is 0.294 e. The number of hydrogen-bond acceptors (Lipinski definition) is 3. The summed E-state index contributed by atoms with van der Waals surface area (Å²) >= 11 is 0. The number of benzene rings is 2. The molecule has 0 unspecified atom stereocenters. The highest BCUT2D eigenvalue weighted by Gasteiger charge is 2.31. The molecule has 1 fully saturated rings. The van der Waals surface area contributed by atoms with Gasteiger partial charge in [-0.15, -0.1) is 0 Å². The van der Waals surface area contributed by atoms with Crippen molar-refractivity contribution in [2.45, 2.75) is 25.4 Å². The van der Waals surface area contributed by atoms with E-state index in [9.17, 15) is 18.0 Å². The molecule has 0 aliphatic carbocycles. The van der Waals surface area contributed by atoms with Crippen LogP contribution >= 0.6 is 0 Å².